The number of carbonyl (C=O) groups is 1. The fourth-order valence-electron chi connectivity index (χ4n) is 4.25. The largest absolute Gasteiger partial charge is 0.496 e. The fraction of sp³-hybridized carbons (Fsp3) is 0.321. The third-order valence-corrected chi connectivity index (χ3v) is 6.78. The molecule has 0 N–H and O–H groups in total. The van der Waals surface area contributed by atoms with E-state index in [1.165, 1.54) is 11.3 Å². The monoisotopic (exact) mass is 522 g/mol. The molecule has 0 saturated heterocycles. The van der Waals surface area contributed by atoms with Gasteiger partial charge in [0.25, 0.3) is 5.56 Å². The van der Waals surface area contributed by atoms with Gasteiger partial charge < -0.3 is 18.9 Å². The molecule has 37 heavy (non-hydrogen) atoms. The lowest BCUT2D eigenvalue weighted by atomic mass is 9.95. The molecule has 4 rings (SSSR count). The Hall–Kier alpha value is -3.85. The number of aromatic nitrogens is 1. The van der Waals surface area contributed by atoms with Gasteiger partial charge in [0.05, 0.1) is 42.7 Å². The Morgan fingerprint density at radius 1 is 1.11 bits per heavy atom. The number of para-hydroxylation sites is 1. The lowest BCUT2D eigenvalue weighted by molar-refractivity contribution is -0.139. The van der Waals surface area contributed by atoms with Crippen LogP contribution in [0.15, 0.2) is 63.5 Å². The molecule has 194 valence electrons. The van der Waals surface area contributed by atoms with Gasteiger partial charge >= 0.3 is 5.97 Å². The van der Waals surface area contributed by atoms with Gasteiger partial charge in [-0.2, -0.15) is 0 Å². The quantitative estimate of drug-likeness (QED) is 0.420. The summed E-state index contributed by atoms with van der Waals surface area (Å²) in [5, 5.41) is 0. The summed E-state index contributed by atoms with van der Waals surface area (Å²) in [6.07, 6.45) is 1.78. The molecule has 9 heteroatoms. The van der Waals surface area contributed by atoms with Crippen LogP contribution >= 0.6 is 11.3 Å². The van der Waals surface area contributed by atoms with Crippen LogP contribution in [0.3, 0.4) is 0 Å². The number of esters is 1. The third kappa shape index (κ3) is 5.17. The Kier molecular flexibility index (Phi) is 7.83. The number of hydrogen-bond donors (Lipinski definition) is 0. The summed E-state index contributed by atoms with van der Waals surface area (Å²) in [6.45, 7) is 7.59. The number of ether oxygens (including phenoxy) is 4. The van der Waals surface area contributed by atoms with E-state index < -0.39 is 12.0 Å². The van der Waals surface area contributed by atoms with Crippen LogP contribution in [0.5, 0.6) is 17.2 Å². The molecule has 0 fully saturated rings. The SMILES string of the molecule is CCOC(=O)C1=C(C)N=c2s/c(=C\c3ccc(OC(C)C)c(OC)c3)c(=O)n2[C@H]1c1ccccc1OC. The molecule has 8 nitrogen and oxygen atoms in total. The zero-order valence-corrected chi connectivity index (χ0v) is 22.5. The van der Waals surface area contributed by atoms with Crippen LogP contribution in [0.1, 0.15) is 44.9 Å². The Morgan fingerprint density at radius 3 is 2.51 bits per heavy atom. The van der Waals surface area contributed by atoms with Crippen LogP contribution in [0, 0.1) is 0 Å². The van der Waals surface area contributed by atoms with Crippen molar-refractivity contribution in [3.63, 3.8) is 0 Å². The normalized spacial score (nSPS) is 15.3. The van der Waals surface area contributed by atoms with Crippen molar-refractivity contribution in [3.8, 4) is 17.2 Å². The number of methoxy groups -OCH3 is 2. The molecule has 0 saturated carbocycles. The molecule has 0 spiro atoms. The maximum absolute atomic E-state index is 13.8. The first kappa shape index (κ1) is 26.2. The average Bonchev–Trinajstić information content (AvgIpc) is 3.17. The molecule has 0 amide bonds. The highest BCUT2D eigenvalue weighted by molar-refractivity contribution is 7.07. The van der Waals surface area contributed by atoms with Crippen molar-refractivity contribution in [2.24, 2.45) is 4.99 Å². The highest BCUT2D eigenvalue weighted by atomic mass is 32.1. The Labute approximate surface area is 219 Å². The van der Waals surface area contributed by atoms with Crippen molar-refractivity contribution in [2.75, 3.05) is 20.8 Å². The molecular weight excluding hydrogens is 492 g/mol. The minimum atomic E-state index is -0.745. The molecule has 1 aliphatic rings. The molecule has 0 bridgehead atoms. The zero-order valence-electron chi connectivity index (χ0n) is 21.7. The lowest BCUT2D eigenvalue weighted by Gasteiger charge is -2.25. The van der Waals surface area contributed by atoms with E-state index in [0.29, 0.717) is 43.4 Å². The van der Waals surface area contributed by atoms with Crippen molar-refractivity contribution < 1.29 is 23.7 Å². The van der Waals surface area contributed by atoms with Crippen LogP contribution in [-0.2, 0) is 9.53 Å². The Balaban J connectivity index is 1.91. The van der Waals surface area contributed by atoms with Crippen LogP contribution in [-0.4, -0.2) is 37.5 Å². The van der Waals surface area contributed by atoms with Crippen LogP contribution in [0.2, 0.25) is 0 Å². The predicted octanol–water partition coefficient (Wildman–Crippen LogP) is 3.60. The topological polar surface area (TPSA) is 88.4 Å². The number of benzene rings is 2. The number of hydrogen-bond acceptors (Lipinski definition) is 8. The second-order valence-corrected chi connectivity index (χ2v) is 9.63. The molecule has 0 radical (unpaired) electrons. The van der Waals surface area contributed by atoms with Gasteiger partial charge in [-0.3, -0.25) is 9.36 Å². The second kappa shape index (κ2) is 11.0. The van der Waals surface area contributed by atoms with Crippen LogP contribution < -0.4 is 29.1 Å². The highest BCUT2D eigenvalue weighted by Crippen LogP contribution is 2.35. The first-order valence-electron chi connectivity index (χ1n) is 12.0. The van der Waals surface area contributed by atoms with E-state index >= 15 is 0 Å². The smallest absolute Gasteiger partial charge is 0.338 e. The van der Waals surface area contributed by atoms with Gasteiger partial charge in [0.2, 0.25) is 0 Å². The number of rotatable bonds is 8. The van der Waals surface area contributed by atoms with Crippen LogP contribution in [0.4, 0.5) is 0 Å². The fourth-order valence-corrected chi connectivity index (χ4v) is 5.30. The highest BCUT2D eigenvalue weighted by Gasteiger charge is 2.34. The van der Waals surface area contributed by atoms with E-state index in [-0.39, 0.29) is 18.3 Å². The lowest BCUT2D eigenvalue weighted by Crippen LogP contribution is -2.40. The van der Waals surface area contributed by atoms with Crippen molar-refractivity contribution in [2.45, 2.75) is 39.8 Å². The molecule has 3 aromatic rings. The standard InChI is InChI=1S/C28H30N2O6S/c1-7-35-27(32)24-17(4)29-28-30(25(24)19-10-8-9-11-20(19)33-5)26(31)23(37-28)15-18-12-13-21(36-16(2)3)22(14-18)34-6/h8-16,25H,7H2,1-6H3/b23-15-/t25-/m0/s1. The van der Waals surface area contributed by atoms with E-state index in [4.69, 9.17) is 18.9 Å². The van der Waals surface area contributed by atoms with Gasteiger partial charge in [0.1, 0.15) is 11.8 Å². The predicted molar refractivity (Wildman–Crippen MR) is 142 cm³/mol. The molecule has 2 aromatic carbocycles. The van der Waals surface area contributed by atoms with E-state index in [1.54, 1.807) is 44.8 Å². The average molecular weight is 523 g/mol. The molecular formula is C28H30N2O6S. The summed E-state index contributed by atoms with van der Waals surface area (Å²) < 4.78 is 24.3. The number of carbonyl (C=O) groups excluding carboxylic acids is 1. The van der Waals surface area contributed by atoms with Crippen molar-refractivity contribution in [3.05, 3.63) is 84.5 Å². The number of fused-ring (bicyclic) bond motifs is 1. The van der Waals surface area contributed by atoms with Gasteiger partial charge in [-0.25, -0.2) is 9.79 Å². The van der Waals surface area contributed by atoms with E-state index in [2.05, 4.69) is 4.99 Å². The Morgan fingerprint density at radius 2 is 1.84 bits per heavy atom. The molecule has 0 unspecified atom stereocenters. The molecule has 2 heterocycles. The van der Waals surface area contributed by atoms with Gasteiger partial charge in [0, 0.05) is 5.56 Å². The third-order valence-electron chi connectivity index (χ3n) is 5.80. The summed E-state index contributed by atoms with van der Waals surface area (Å²) >= 11 is 1.26. The van der Waals surface area contributed by atoms with E-state index in [0.717, 1.165) is 5.56 Å². The minimum Gasteiger partial charge on any atom is -0.496 e. The van der Waals surface area contributed by atoms with Crippen LogP contribution in [0.25, 0.3) is 6.08 Å². The van der Waals surface area contributed by atoms with Crippen molar-refractivity contribution >= 4 is 23.4 Å². The number of thiazole rings is 1. The molecule has 1 aromatic heterocycles. The summed E-state index contributed by atoms with van der Waals surface area (Å²) in [5.41, 5.74) is 1.98. The summed E-state index contributed by atoms with van der Waals surface area (Å²) in [6, 6.07) is 12.1. The second-order valence-electron chi connectivity index (χ2n) is 8.62. The molecule has 0 aliphatic carbocycles. The number of nitrogens with zero attached hydrogens (tertiary/aromatic N) is 2. The van der Waals surface area contributed by atoms with Gasteiger partial charge in [-0.05, 0) is 57.5 Å². The minimum absolute atomic E-state index is 0.00440. The molecule has 1 atom stereocenters. The van der Waals surface area contributed by atoms with Crippen molar-refractivity contribution in [1.82, 2.24) is 4.57 Å². The zero-order chi connectivity index (χ0) is 26.7. The first-order chi connectivity index (χ1) is 17.8. The van der Waals surface area contributed by atoms with E-state index in [9.17, 15) is 9.59 Å². The van der Waals surface area contributed by atoms with Gasteiger partial charge in [-0.1, -0.05) is 35.6 Å². The van der Waals surface area contributed by atoms with Crippen molar-refractivity contribution in [1.29, 1.82) is 0 Å². The summed E-state index contributed by atoms with van der Waals surface area (Å²) in [4.78, 5) is 32.0. The summed E-state index contributed by atoms with van der Waals surface area (Å²) in [7, 11) is 3.14. The Bertz CT molecular complexity index is 1530. The summed E-state index contributed by atoms with van der Waals surface area (Å²) in [5.74, 6) is 1.24. The van der Waals surface area contributed by atoms with Gasteiger partial charge in [-0.15, -0.1) is 0 Å². The van der Waals surface area contributed by atoms with Gasteiger partial charge in [0.15, 0.2) is 16.3 Å². The first-order valence-corrected chi connectivity index (χ1v) is 12.8. The number of allylic oxidation sites excluding steroid dienone is 1. The molecule has 1 aliphatic heterocycles. The maximum atomic E-state index is 13.8. The maximum Gasteiger partial charge on any atom is 0.338 e. The van der Waals surface area contributed by atoms with E-state index in [1.807, 2.05) is 50.2 Å².